The quantitative estimate of drug-likeness (QED) is 0.621. The highest BCUT2D eigenvalue weighted by Gasteiger charge is 2.05. The van der Waals surface area contributed by atoms with Gasteiger partial charge in [-0.3, -0.25) is 4.79 Å². The minimum atomic E-state index is 0.0157. The summed E-state index contributed by atoms with van der Waals surface area (Å²) in [5.74, 6) is 0.812. The van der Waals surface area contributed by atoms with Gasteiger partial charge in [-0.15, -0.1) is 5.10 Å². The van der Waals surface area contributed by atoms with Crippen LogP contribution in [0.2, 0.25) is 10.0 Å². The molecule has 6 nitrogen and oxygen atoms in total. The molecule has 1 heterocycles. The number of carbonyl (C=O) groups is 1. The van der Waals surface area contributed by atoms with Crippen molar-refractivity contribution in [3.05, 3.63) is 64.3 Å². The molecule has 0 fully saturated rings. The fourth-order valence-corrected chi connectivity index (χ4v) is 2.63. The Hall–Kier alpha value is -2.70. The number of ketones is 1. The molecule has 126 valence electrons. The van der Waals surface area contributed by atoms with E-state index in [1.165, 1.54) is 13.1 Å². The molecule has 0 spiro atoms. The Bertz CT molecular complexity index is 895. The summed E-state index contributed by atoms with van der Waals surface area (Å²) in [4.78, 5) is 15.6. The van der Waals surface area contributed by atoms with Gasteiger partial charge in [-0.05, 0) is 49.4 Å². The molecule has 0 aliphatic carbocycles. The largest absolute Gasteiger partial charge is 0.339 e. The third kappa shape index (κ3) is 4.65. The predicted octanol–water partition coefficient (Wildman–Crippen LogP) is 4.87. The Labute approximate surface area is 154 Å². The highest BCUT2D eigenvalue weighted by atomic mass is 35.5. The van der Waals surface area contributed by atoms with Crippen LogP contribution in [0.25, 0.3) is 0 Å². The number of carbonyl (C=O) groups excluding carboxylic acids is 1. The standard InChI is InChI=1S/C17H13Cl2N5O/c1-10(25)11-2-4-14(5-3-11)21-16-9-20-24-17(23-16)22-15-7-12(18)6-13(19)8-15/h2-9H,1H3,(H2,21,22,23,24). The first-order valence-electron chi connectivity index (χ1n) is 7.30. The molecule has 2 aromatic carbocycles. The summed E-state index contributed by atoms with van der Waals surface area (Å²) in [6, 6.07) is 12.1. The SMILES string of the molecule is CC(=O)c1ccc(Nc2cnnc(Nc3cc(Cl)cc(Cl)c3)n2)cc1. The maximum Gasteiger partial charge on any atom is 0.249 e. The van der Waals surface area contributed by atoms with Crippen molar-refractivity contribution in [2.45, 2.75) is 6.92 Å². The lowest BCUT2D eigenvalue weighted by Crippen LogP contribution is -2.02. The van der Waals surface area contributed by atoms with E-state index in [0.717, 1.165) is 5.69 Å². The van der Waals surface area contributed by atoms with Crippen molar-refractivity contribution < 1.29 is 4.79 Å². The number of halogens is 2. The van der Waals surface area contributed by atoms with Crippen molar-refractivity contribution in [3.63, 3.8) is 0 Å². The van der Waals surface area contributed by atoms with Crippen LogP contribution < -0.4 is 10.6 Å². The second-order valence-electron chi connectivity index (χ2n) is 5.21. The minimum absolute atomic E-state index is 0.0157. The zero-order valence-electron chi connectivity index (χ0n) is 13.1. The highest BCUT2D eigenvalue weighted by Crippen LogP contribution is 2.24. The molecule has 0 saturated carbocycles. The molecule has 0 saturated heterocycles. The van der Waals surface area contributed by atoms with Crippen molar-refractivity contribution >= 4 is 52.1 Å². The molecular formula is C17H13Cl2N5O. The summed E-state index contributed by atoms with van der Waals surface area (Å²) < 4.78 is 0. The molecule has 8 heteroatoms. The first-order valence-corrected chi connectivity index (χ1v) is 8.06. The van der Waals surface area contributed by atoms with E-state index < -0.39 is 0 Å². The number of aromatic nitrogens is 3. The van der Waals surface area contributed by atoms with Crippen LogP contribution >= 0.6 is 23.2 Å². The lowest BCUT2D eigenvalue weighted by Gasteiger charge is -2.08. The number of benzene rings is 2. The second kappa shape index (κ2) is 7.46. The third-order valence-electron chi connectivity index (χ3n) is 3.24. The summed E-state index contributed by atoms with van der Waals surface area (Å²) in [5.41, 5.74) is 2.08. The smallest absolute Gasteiger partial charge is 0.249 e. The molecule has 3 rings (SSSR count). The van der Waals surface area contributed by atoms with Crippen LogP contribution in [0.4, 0.5) is 23.1 Å². The molecular weight excluding hydrogens is 361 g/mol. The van der Waals surface area contributed by atoms with E-state index in [0.29, 0.717) is 33.1 Å². The number of rotatable bonds is 5. The fraction of sp³-hybridized carbons (Fsp3) is 0.0588. The molecule has 0 bridgehead atoms. The molecule has 0 amide bonds. The Morgan fingerprint density at radius 2 is 1.64 bits per heavy atom. The van der Waals surface area contributed by atoms with Crippen LogP contribution in [-0.4, -0.2) is 21.0 Å². The molecule has 0 unspecified atom stereocenters. The number of nitrogens with zero attached hydrogens (tertiary/aromatic N) is 3. The van der Waals surface area contributed by atoms with E-state index in [1.807, 2.05) is 0 Å². The first-order chi connectivity index (χ1) is 12.0. The van der Waals surface area contributed by atoms with E-state index in [2.05, 4.69) is 25.8 Å². The van der Waals surface area contributed by atoms with Gasteiger partial charge in [0.1, 0.15) is 0 Å². The number of Topliss-reactive ketones (excluding diaryl/α,β-unsaturated/α-hetero) is 1. The van der Waals surface area contributed by atoms with E-state index in [4.69, 9.17) is 23.2 Å². The predicted molar refractivity (Wildman–Crippen MR) is 99.3 cm³/mol. The van der Waals surface area contributed by atoms with Gasteiger partial charge in [0.25, 0.3) is 0 Å². The van der Waals surface area contributed by atoms with Crippen molar-refractivity contribution in [1.82, 2.24) is 15.2 Å². The summed E-state index contributed by atoms with van der Waals surface area (Å²) in [7, 11) is 0. The molecule has 1 aromatic heterocycles. The monoisotopic (exact) mass is 373 g/mol. The molecule has 2 N–H and O–H groups in total. The summed E-state index contributed by atoms with van der Waals surface area (Å²) in [6.45, 7) is 1.52. The maximum atomic E-state index is 11.3. The van der Waals surface area contributed by atoms with Gasteiger partial charge in [0.2, 0.25) is 5.95 Å². The number of hydrogen-bond donors (Lipinski definition) is 2. The van der Waals surface area contributed by atoms with Gasteiger partial charge in [0, 0.05) is 27.0 Å². The average molecular weight is 374 g/mol. The average Bonchev–Trinajstić information content (AvgIpc) is 2.54. The molecule has 0 aliphatic heterocycles. The van der Waals surface area contributed by atoms with Crippen LogP contribution in [-0.2, 0) is 0 Å². The van der Waals surface area contributed by atoms with Crippen LogP contribution in [0, 0.1) is 0 Å². The topological polar surface area (TPSA) is 79.8 Å². The van der Waals surface area contributed by atoms with Gasteiger partial charge >= 0.3 is 0 Å². The molecule has 25 heavy (non-hydrogen) atoms. The van der Waals surface area contributed by atoms with Crippen LogP contribution in [0.5, 0.6) is 0 Å². The maximum absolute atomic E-state index is 11.3. The van der Waals surface area contributed by atoms with E-state index in [-0.39, 0.29) is 5.78 Å². The lowest BCUT2D eigenvalue weighted by atomic mass is 10.1. The normalized spacial score (nSPS) is 10.4. The Morgan fingerprint density at radius 3 is 2.28 bits per heavy atom. The van der Waals surface area contributed by atoms with Gasteiger partial charge in [-0.25, -0.2) is 0 Å². The Kier molecular flexibility index (Phi) is 5.11. The zero-order chi connectivity index (χ0) is 17.8. The van der Waals surface area contributed by atoms with Gasteiger partial charge in [-0.1, -0.05) is 23.2 Å². The highest BCUT2D eigenvalue weighted by molar-refractivity contribution is 6.35. The van der Waals surface area contributed by atoms with Crippen molar-refractivity contribution in [1.29, 1.82) is 0 Å². The van der Waals surface area contributed by atoms with Crippen molar-refractivity contribution in [2.24, 2.45) is 0 Å². The van der Waals surface area contributed by atoms with Crippen LogP contribution in [0.1, 0.15) is 17.3 Å². The molecule has 0 radical (unpaired) electrons. The first kappa shape index (κ1) is 17.1. The molecule has 0 aliphatic rings. The van der Waals surface area contributed by atoms with Gasteiger partial charge in [0.05, 0.1) is 6.20 Å². The van der Waals surface area contributed by atoms with E-state index in [9.17, 15) is 4.79 Å². The van der Waals surface area contributed by atoms with Crippen molar-refractivity contribution in [2.75, 3.05) is 10.6 Å². The van der Waals surface area contributed by atoms with Crippen LogP contribution in [0.3, 0.4) is 0 Å². The fourth-order valence-electron chi connectivity index (χ4n) is 2.11. The number of nitrogens with one attached hydrogen (secondary N) is 2. The number of hydrogen-bond acceptors (Lipinski definition) is 6. The van der Waals surface area contributed by atoms with E-state index in [1.54, 1.807) is 42.5 Å². The Morgan fingerprint density at radius 1 is 0.960 bits per heavy atom. The zero-order valence-corrected chi connectivity index (χ0v) is 14.6. The molecule has 0 atom stereocenters. The molecule has 3 aromatic rings. The third-order valence-corrected chi connectivity index (χ3v) is 3.68. The van der Waals surface area contributed by atoms with E-state index >= 15 is 0 Å². The summed E-state index contributed by atoms with van der Waals surface area (Å²) in [5, 5.41) is 14.9. The summed E-state index contributed by atoms with van der Waals surface area (Å²) in [6.07, 6.45) is 1.50. The van der Waals surface area contributed by atoms with Gasteiger partial charge in [0.15, 0.2) is 11.6 Å². The van der Waals surface area contributed by atoms with Gasteiger partial charge in [-0.2, -0.15) is 10.1 Å². The summed E-state index contributed by atoms with van der Waals surface area (Å²) >= 11 is 11.9. The number of anilines is 4. The van der Waals surface area contributed by atoms with Gasteiger partial charge < -0.3 is 10.6 Å². The Balaban J connectivity index is 1.75. The second-order valence-corrected chi connectivity index (χ2v) is 6.08. The lowest BCUT2D eigenvalue weighted by molar-refractivity contribution is 0.101. The van der Waals surface area contributed by atoms with Crippen molar-refractivity contribution in [3.8, 4) is 0 Å². The minimum Gasteiger partial charge on any atom is -0.339 e. The van der Waals surface area contributed by atoms with Crippen LogP contribution in [0.15, 0.2) is 48.7 Å².